The van der Waals surface area contributed by atoms with E-state index in [9.17, 15) is 19.2 Å². The molecular formula is C16H26N8O4. The highest BCUT2D eigenvalue weighted by atomic mass is 16.2. The van der Waals surface area contributed by atoms with Crippen LogP contribution in [0.25, 0.3) is 0 Å². The van der Waals surface area contributed by atoms with Crippen molar-refractivity contribution in [2.75, 3.05) is 55.4 Å². The van der Waals surface area contributed by atoms with Gasteiger partial charge in [-0.15, -0.1) is 0 Å². The lowest BCUT2D eigenvalue weighted by Gasteiger charge is -2.31. The summed E-state index contributed by atoms with van der Waals surface area (Å²) >= 11 is 0. The highest BCUT2D eigenvalue weighted by Crippen LogP contribution is 2.34. The molecule has 4 aliphatic rings. The fraction of sp³-hybridized carbons (Fsp3) is 0.750. The van der Waals surface area contributed by atoms with Crippen molar-refractivity contribution in [2.45, 2.75) is 24.7 Å². The van der Waals surface area contributed by atoms with Crippen molar-refractivity contribution in [1.82, 2.24) is 39.2 Å². The zero-order valence-electron chi connectivity index (χ0n) is 16.9. The van der Waals surface area contributed by atoms with Crippen LogP contribution in [0.5, 0.6) is 0 Å². The standard InChI is InChI=1S/C16H26N8O4/c1-17-9-11(21(5)13(17)25)23(15(27)19(9)3)7-8-24-12-10(20(4)16(24)28)18(2)14(26)22(12)6/h9-12H,7-8H2,1-6H3/t9-,10+,11+,12-. The summed E-state index contributed by atoms with van der Waals surface area (Å²) in [7, 11) is 10.0. The molecule has 0 aromatic rings. The SMILES string of the molecule is CN1C(=O)N(C)[C@H]2[C@@H]1N(C)C(=O)N2CCN1C(=O)N(C)[C@@H]2[C@H]1N(C)C(=O)N2C. The molecule has 4 saturated heterocycles. The summed E-state index contributed by atoms with van der Waals surface area (Å²) < 4.78 is 0. The highest BCUT2D eigenvalue weighted by molar-refractivity contribution is 5.86. The van der Waals surface area contributed by atoms with Gasteiger partial charge in [-0.1, -0.05) is 0 Å². The van der Waals surface area contributed by atoms with Crippen LogP contribution in [0.15, 0.2) is 0 Å². The maximum Gasteiger partial charge on any atom is 0.323 e. The first-order chi connectivity index (χ1) is 13.1. The fourth-order valence-electron chi connectivity index (χ4n) is 4.94. The number of rotatable bonds is 3. The van der Waals surface area contributed by atoms with Crippen LogP contribution in [0.1, 0.15) is 0 Å². The number of urea groups is 4. The van der Waals surface area contributed by atoms with Gasteiger partial charge in [0.05, 0.1) is 0 Å². The van der Waals surface area contributed by atoms with Gasteiger partial charge in [0.15, 0.2) is 0 Å². The van der Waals surface area contributed by atoms with E-state index < -0.39 is 12.3 Å². The van der Waals surface area contributed by atoms with E-state index in [0.29, 0.717) is 0 Å². The Labute approximate surface area is 163 Å². The first-order valence-electron chi connectivity index (χ1n) is 9.15. The molecule has 12 heteroatoms. The Hall–Kier alpha value is -2.92. The normalized spacial score (nSPS) is 32.6. The molecule has 4 rings (SSSR count). The van der Waals surface area contributed by atoms with E-state index in [1.807, 2.05) is 0 Å². The first-order valence-corrected chi connectivity index (χ1v) is 9.15. The zero-order chi connectivity index (χ0) is 20.7. The van der Waals surface area contributed by atoms with Crippen molar-refractivity contribution in [1.29, 1.82) is 0 Å². The molecular weight excluding hydrogens is 368 g/mol. The van der Waals surface area contributed by atoms with Gasteiger partial charge in [0.2, 0.25) is 0 Å². The van der Waals surface area contributed by atoms with Gasteiger partial charge in [-0.05, 0) is 0 Å². The number of carbonyl (C=O) groups is 4. The minimum absolute atomic E-state index is 0.154. The van der Waals surface area contributed by atoms with Crippen LogP contribution in [-0.4, -0.2) is 143 Å². The van der Waals surface area contributed by atoms with Crippen LogP contribution in [0.3, 0.4) is 0 Å². The molecule has 0 radical (unpaired) electrons. The number of likely N-dealkylation sites (N-methyl/N-ethyl adjacent to an activating group) is 6. The Balaban J connectivity index is 1.54. The zero-order valence-corrected chi connectivity index (χ0v) is 16.9. The second-order valence-electron chi connectivity index (χ2n) is 7.84. The van der Waals surface area contributed by atoms with Gasteiger partial charge in [-0.3, -0.25) is 9.80 Å². The van der Waals surface area contributed by atoms with E-state index in [1.54, 1.807) is 81.5 Å². The van der Waals surface area contributed by atoms with Crippen LogP contribution in [0.2, 0.25) is 0 Å². The fourth-order valence-corrected chi connectivity index (χ4v) is 4.94. The molecule has 0 aromatic heterocycles. The number of hydrogen-bond donors (Lipinski definition) is 0. The van der Waals surface area contributed by atoms with E-state index in [1.165, 1.54) is 0 Å². The lowest BCUT2D eigenvalue weighted by molar-refractivity contribution is 0.111. The number of nitrogens with zero attached hydrogens (tertiary/aromatic N) is 8. The molecule has 4 fully saturated rings. The third kappa shape index (κ3) is 2.05. The quantitative estimate of drug-likeness (QED) is 0.615. The Kier molecular flexibility index (Phi) is 3.81. The summed E-state index contributed by atoms with van der Waals surface area (Å²) in [5.41, 5.74) is 0. The van der Waals surface area contributed by atoms with Crippen molar-refractivity contribution in [3.63, 3.8) is 0 Å². The van der Waals surface area contributed by atoms with Crippen molar-refractivity contribution >= 4 is 24.1 Å². The third-order valence-electron chi connectivity index (χ3n) is 6.44. The van der Waals surface area contributed by atoms with Crippen molar-refractivity contribution in [3.05, 3.63) is 0 Å². The minimum Gasteiger partial charge on any atom is -0.303 e. The molecule has 154 valence electrons. The van der Waals surface area contributed by atoms with Crippen molar-refractivity contribution in [2.24, 2.45) is 0 Å². The van der Waals surface area contributed by atoms with E-state index in [0.717, 1.165) is 0 Å². The topological polar surface area (TPSA) is 94.2 Å². The maximum absolute atomic E-state index is 12.8. The van der Waals surface area contributed by atoms with Gasteiger partial charge in [-0.2, -0.15) is 0 Å². The molecule has 12 nitrogen and oxygen atoms in total. The molecule has 8 amide bonds. The average molecular weight is 394 g/mol. The molecule has 0 bridgehead atoms. The van der Waals surface area contributed by atoms with Gasteiger partial charge in [0, 0.05) is 55.4 Å². The van der Waals surface area contributed by atoms with E-state index in [-0.39, 0.29) is 49.5 Å². The minimum atomic E-state index is -0.410. The van der Waals surface area contributed by atoms with Gasteiger partial charge in [0.25, 0.3) is 0 Å². The first kappa shape index (κ1) is 18.4. The molecule has 4 atom stereocenters. The molecule has 28 heavy (non-hydrogen) atoms. The van der Waals surface area contributed by atoms with Crippen molar-refractivity contribution < 1.29 is 19.2 Å². The monoisotopic (exact) mass is 394 g/mol. The lowest BCUT2D eigenvalue weighted by Crippen LogP contribution is -2.51. The van der Waals surface area contributed by atoms with Gasteiger partial charge in [0.1, 0.15) is 24.7 Å². The third-order valence-corrected chi connectivity index (χ3v) is 6.44. The van der Waals surface area contributed by atoms with Gasteiger partial charge < -0.3 is 29.4 Å². The Bertz CT molecular complexity index is 699. The van der Waals surface area contributed by atoms with Crippen molar-refractivity contribution in [3.8, 4) is 0 Å². The Morgan fingerprint density at radius 3 is 1.04 bits per heavy atom. The molecule has 0 N–H and O–H groups in total. The van der Waals surface area contributed by atoms with E-state index in [2.05, 4.69) is 0 Å². The maximum atomic E-state index is 12.8. The van der Waals surface area contributed by atoms with E-state index in [4.69, 9.17) is 0 Å². The second-order valence-corrected chi connectivity index (χ2v) is 7.84. The Morgan fingerprint density at radius 1 is 0.464 bits per heavy atom. The molecule has 0 saturated carbocycles. The average Bonchev–Trinajstić information content (AvgIpc) is 3.23. The lowest BCUT2D eigenvalue weighted by atomic mass is 10.3. The number of carbonyl (C=O) groups excluding carboxylic acids is 4. The van der Waals surface area contributed by atoms with Crippen LogP contribution in [-0.2, 0) is 0 Å². The molecule has 0 unspecified atom stereocenters. The van der Waals surface area contributed by atoms with Gasteiger partial charge in [-0.25, -0.2) is 19.2 Å². The largest absolute Gasteiger partial charge is 0.323 e. The van der Waals surface area contributed by atoms with Crippen LogP contribution < -0.4 is 0 Å². The number of hydrogen-bond acceptors (Lipinski definition) is 4. The molecule has 4 heterocycles. The molecule has 0 spiro atoms. The van der Waals surface area contributed by atoms with Gasteiger partial charge >= 0.3 is 24.1 Å². The van der Waals surface area contributed by atoms with Crippen LogP contribution in [0.4, 0.5) is 19.2 Å². The van der Waals surface area contributed by atoms with Crippen LogP contribution >= 0.6 is 0 Å². The van der Waals surface area contributed by atoms with Crippen LogP contribution in [0, 0.1) is 0 Å². The number of amides is 8. The predicted octanol–water partition coefficient (Wildman–Crippen LogP) is -0.980. The molecule has 4 aliphatic heterocycles. The summed E-state index contributed by atoms with van der Waals surface area (Å²) in [6.07, 6.45) is -1.55. The second kappa shape index (κ2) is 5.79. The summed E-state index contributed by atoms with van der Waals surface area (Å²) in [6, 6.07) is -0.685. The highest BCUT2D eigenvalue weighted by Gasteiger charge is 2.58. The smallest absolute Gasteiger partial charge is 0.303 e. The predicted molar refractivity (Wildman–Crippen MR) is 96.7 cm³/mol. The molecule has 0 aromatic carbocycles. The summed E-state index contributed by atoms with van der Waals surface area (Å²) in [5, 5.41) is 0. The van der Waals surface area contributed by atoms with E-state index >= 15 is 0 Å². The summed E-state index contributed by atoms with van der Waals surface area (Å²) in [5.74, 6) is 0. The Morgan fingerprint density at radius 2 is 0.714 bits per heavy atom. The number of fused-ring (bicyclic) bond motifs is 2. The summed E-state index contributed by atoms with van der Waals surface area (Å²) in [4.78, 5) is 62.7. The molecule has 0 aliphatic carbocycles. The summed E-state index contributed by atoms with van der Waals surface area (Å²) in [6.45, 7) is 0.536.